The van der Waals surface area contributed by atoms with Crippen LogP contribution in [0.2, 0.25) is 0 Å². The quantitative estimate of drug-likeness (QED) is 0.515. The van der Waals surface area contributed by atoms with E-state index in [1.807, 2.05) is 27.7 Å². The average Bonchev–Trinajstić information content (AvgIpc) is 2.73. The lowest BCUT2D eigenvalue weighted by Crippen LogP contribution is -2.58. The molecule has 1 saturated heterocycles. The minimum absolute atomic E-state index is 0.167. The molecule has 0 spiro atoms. The first kappa shape index (κ1) is 23.6. The second-order valence-corrected chi connectivity index (χ2v) is 8.74. The maximum absolute atomic E-state index is 12.9. The van der Waals surface area contributed by atoms with E-state index in [9.17, 15) is 20.1 Å². The highest BCUT2D eigenvalue weighted by Gasteiger charge is 2.52. The number of carbonyl (C=O) groups is 1. The Bertz CT molecular complexity index is 792. The minimum Gasteiger partial charge on any atom is -0.490 e. The normalized spacial score (nSPS) is 27.5. The van der Waals surface area contributed by atoms with Crippen molar-refractivity contribution in [1.82, 2.24) is 0 Å². The summed E-state index contributed by atoms with van der Waals surface area (Å²) in [6, 6.07) is 1.52. The molecular formula is C22H32O9. The van der Waals surface area contributed by atoms with Gasteiger partial charge in [0.2, 0.25) is 5.75 Å². The smallest absolute Gasteiger partial charge is 0.339 e. The molecule has 0 aliphatic carbocycles. The Hall–Kier alpha value is -2.07. The molecular weight excluding hydrogens is 408 g/mol. The van der Waals surface area contributed by atoms with Crippen LogP contribution in [0.15, 0.2) is 6.07 Å². The lowest BCUT2D eigenvalue weighted by molar-refractivity contribution is -0.235. The Morgan fingerprint density at radius 2 is 1.68 bits per heavy atom. The highest BCUT2D eigenvalue weighted by molar-refractivity contribution is 5.95. The van der Waals surface area contributed by atoms with E-state index in [0.29, 0.717) is 30.3 Å². The van der Waals surface area contributed by atoms with Gasteiger partial charge in [-0.1, -0.05) is 27.7 Å². The summed E-state index contributed by atoms with van der Waals surface area (Å²) in [5.74, 6) is 0.620. The third-order valence-electron chi connectivity index (χ3n) is 5.19. The minimum atomic E-state index is -1.44. The van der Waals surface area contributed by atoms with Gasteiger partial charge >= 0.3 is 5.97 Å². The zero-order valence-electron chi connectivity index (χ0n) is 18.5. The molecule has 9 nitrogen and oxygen atoms in total. The molecule has 5 atom stereocenters. The predicted octanol–water partition coefficient (Wildman–Crippen LogP) is 1.46. The monoisotopic (exact) mass is 440 g/mol. The highest BCUT2D eigenvalue weighted by Crippen LogP contribution is 2.51. The largest absolute Gasteiger partial charge is 0.490 e. The van der Waals surface area contributed by atoms with Gasteiger partial charge in [0.1, 0.15) is 24.4 Å². The number of hydrogen-bond acceptors (Lipinski definition) is 9. The Kier molecular flexibility index (Phi) is 7.31. The third-order valence-corrected chi connectivity index (χ3v) is 5.19. The molecule has 1 aromatic rings. The maximum atomic E-state index is 12.9. The van der Waals surface area contributed by atoms with Crippen molar-refractivity contribution in [3.8, 4) is 17.2 Å². The molecule has 0 amide bonds. The molecule has 3 rings (SSSR count). The summed E-state index contributed by atoms with van der Waals surface area (Å²) in [5.41, 5.74) is 0.514. The van der Waals surface area contributed by atoms with E-state index in [2.05, 4.69) is 0 Å². The van der Waals surface area contributed by atoms with E-state index in [-0.39, 0.29) is 23.1 Å². The number of hydrogen-bond donors (Lipinski definition) is 3. The first-order valence-electron chi connectivity index (χ1n) is 10.5. The van der Waals surface area contributed by atoms with Gasteiger partial charge in [0.15, 0.2) is 17.6 Å². The van der Waals surface area contributed by atoms with Crippen LogP contribution in [0.4, 0.5) is 0 Å². The lowest BCUT2D eigenvalue weighted by Gasteiger charge is -2.44. The van der Waals surface area contributed by atoms with Crippen LogP contribution in [0.5, 0.6) is 17.2 Å². The molecule has 2 aliphatic heterocycles. The zero-order valence-corrected chi connectivity index (χ0v) is 18.5. The molecule has 0 aromatic heterocycles. The first-order chi connectivity index (χ1) is 14.7. The number of methoxy groups -OCH3 is 1. The Morgan fingerprint density at radius 1 is 1.03 bits per heavy atom. The van der Waals surface area contributed by atoms with Crippen molar-refractivity contribution < 1.29 is 43.8 Å². The first-order valence-corrected chi connectivity index (χ1v) is 10.5. The van der Waals surface area contributed by atoms with Gasteiger partial charge in [0.05, 0.1) is 32.5 Å². The molecule has 0 bridgehead atoms. The van der Waals surface area contributed by atoms with Gasteiger partial charge in [-0.05, 0) is 17.9 Å². The van der Waals surface area contributed by atoms with Crippen LogP contribution in [-0.4, -0.2) is 72.6 Å². The fraction of sp³-hybridized carbons (Fsp3) is 0.682. The van der Waals surface area contributed by atoms with E-state index in [1.54, 1.807) is 0 Å². The molecule has 9 heteroatoms. The standard InChI is InChI=1S/C22H32O9/c1-10(2)8-28-13-6-12-15(19(18(13)27-5)29-9-11(3)4)20-21(31-22(12)26)17(25)16(24)14(7-23)30-20/h6,10-11,14,16-17,20-21,23-25H,7-9H2,1-5H3/t14-,16-,17+,20+,21-/m1/s1. The van der Waals surface area contributed by atoms with E-state index >= 15 is 0 Å². The van der Waals surface area contributed by atoms with Crippen molar-refractivity contribution in [2.45, 2.75) is 58.2 Å². The SMILES string of the molecule is COc1c(OCC(C)C)cc2c(c1OCC(C)C)[C@@H]1O[C@H](CO)[C@@H](O)[C@H](O)[C@H]1OC2=O. The van der Waals surface area contributed by atoms with Gasteiger partial charge in [-0.2, -0.15) is 0 Å². The topological polar surface area (TPSA) is 124 Å². The Morgan fingerprint density at radius 3 is 2.26 bits per heavy atom. The zero-order chi connectivity index (χ0) is 22.9. The van der Waals surface area contributed by atoms with Crippen LogP contribution in [0.25, 0.3) is 0 Å². The molecule has 31 heavy (non-hydrogen) atoms. The predicted molar refractivity (Wildman–Crippen MR) is 110 cm³/mol. The number of esters is 1. The van der Waals surface area contributed by atoms with Gasteiger partial charge in [-0.25, -0.2) is 4.79 Å². The van der Waals surface area contributed by atoms with Crippen molar-refractivity contribution in [3.05, 3.63) is 17.2 Å². The lowest BCUT2D eigenvalue weighted by atomic mass is 9.86. The van der Waals surface area contributed by atoms with Crippen LogP contribution in [0.3, 0.4) is 0 Å². The summed E-state index contributed by atoms with van der Waals surface area (Å²) >= 11 is 0. The van der Waals surface area contributed by atoms with Gasteiger partial charge < -0.3 is 39.0 Å². The van der Waals surface area contributed by atoms with Crippen molar-refractivity contribution in [3.63, 3.8) is 0 Å². The van der Waals surface area contributed by atoms with Crippen LogP contribution >= 0.6 is 0 Å². The highest BCUT2D eigenvalue weighted by atomic mass is 16.6. The summed E-state index contributed by atoms with van der Waals surface area (Å²) < 4.78 is 28.8. The number of carbonyl (C=O) groups excluding carboxylic acids is 1. The van der Waals surface area contributed by atoms with Crippen LogP contribution in [0.1, 0.15) is 49.7 Å². The second kappa shape index (κ2) is 9.60. The molecule has 2 aliphatic rings. The summed E-state index contributed by atoms with van der Waals surface area (Å²) in [6.45, 7) is 8.17. The van der Waals surface area contributed by atoms with Crippen LogP contribution < -0.4 is 14.2 Å². The third kappa shape index (κ3) is 4.59. The molecule has 0 unspecified atom stereocenters. The second-order valence-electron chi connectivity index (χ2n) is 8.74. The number of ether oxygens (including phenoxy) is 5. The summed E-state index contributed by atoms with van der Waals surface area (Å²) in [5, 5.41) is 30.4. The molecule has 1 aromatic carbocycles. The number of aliphatic hydroxyl groups excluding tert-OH is 3. The molecule has 3 N–H and O–H groups in total. The van der Waals surface area contributed by atoms with E-state index < -0.39 is 43.1 Å². The van der Waals surface area contributed by atoms with Crippen LogP contribution in [0, 0.1) is 11.8 Å². The van der Waals surface area contributed by atoms with E-state index in [4.69, 9.17) is 23.7 Å². The summed E-state index contributed by atoms with van der Waals surface area (Å²) in [4.78, 5) is 12.9. The van der Waals surface area contributed by atoms with Crippen molar-refractivity contribution in [2.24, 2.45) is 11.8 Å². The van der Waals surface area contributed by atoms with Crippen molar-refractivity contribution >= 4 is 5.97 Å². The van der Waals surface area contributed by atoms with Gasteiger partial charge in [0.25, 0.3) is 0 Å². The number of benzene rings is 1. The Labute approximate surface area is 181 Å². The fourth-order valence-electron chi connectivity index (χ4n) is 3.67. The molecule has 0 radical (unpaired) electrons. The van der Waals surface area contributed by atoms with Gasteiger partial charge in [-0.3, -0.25) is 0 Å². The molecule has 2 heterocycles. The van der Waals surface area contributed by atoms with Gasteiger partial charge in [-0.15, -0.1) is 0 Å². The molecule has 1 fully saturated rings. The number of rotatable bonds is 8. The molecule has 174 valence electrons. The van der Waals surface area contributed by atoms with E-state index in [1.165, 1.54) is 13.2 Å². The molecule has 0 saturated carbocycles. The van der Waals surface area contributed by atoms with Crippen molar-refractivity contribution in [1.29, 1.82) is 0 Å². The van der Waals surface area contributed by atoms with Gasteiger partial charge in [0, 0.05) is 5.56 Å². The fourth-order valence-corrected chi connectivity index (χ4v) is 3.67. The number of aliphatic hydroxyl groups is 3. The maximum Gasteiger partial charge on any atom is 0.339 e. The number of fused-ring (bicyclic) bond motifs is 3. The summed E-state index contributed by atoms with van der Waals surface area (Å²) in [6.07, 6.45) is -6.02. The average molecular weight is 440 g/mol. The van der Waals surface area contributed by atoms with Crippen molar-refractivity contribution in [2.75, 3.05) is 26.9 Å². The summed E-state index contributed by atoms with van der Waals surface area (Å²) in [7, 11) is 1.47. The van der Waals surface area contributed by atoms with E-state index in [0.717, 1.165) is 0 Å². The van der Waals surface area contributed by atoms with Crippen LogP contribution in [-0.2, 0) is 9.47 Å². The Balaban J connectivity index is 2.16.